The summed E-state index contributed by atoms with van der Waals surface area (Å²) in [6, 6.07) is 1.75. The Morgan fingerprint density at radius 1 is 1.61 bits per heavy atom. The molecule has 1 N–H and O–H groups in total. The highest BCUT2D eigenvalue weighted by Crippen LogP contribution is 2.40. The molecule has 0 bridgehead atoms. The van der Waals surface area contributed by atoms with Crippen molar-refractivity contribution in [1.82, 2.24) is 20.0 Å². The van der Waals surface area contributed by atoms with Crippen molar-refractivity contribution in [2.45, 2.75) is 25.3 Å². The van der Waals surface area contributed by atoms with E-state index in [1.807, 2.05) is 0 Å². The molecule has 0 spiro atoms. The lowest BCUT2D eigenvalue weighted by Gasteiger charge is -2.13. The summed E-state index contributed by atoms with van der Waals surface area (Å²) in [4.78, 5) is 20.7. The molecule has 6 heteroatoms. The maximum absolute atomic E-state index is 12.1. The molecule has 2 aromatic heterocycles. The SMILES string of the molecule is CN(Cc1ncc[nH]1)C(=O)c1cc(C2CC2)on1. The fraction of sp³-hybridized carbons (Fsp3) is 0.417. The van der Waals surface area contributed by atoms with Crippen LogP contribution in [0, 0.1) is 0 Å². The van der Waals surface area contributed by atoms with E-state index in [4.69, 9.17) is 4.52 Å². The Hall–Kier alpha value is -2.11. The highest BCUT2D eigenvalue weighted by molar-refractivity contribution is 5.92. The van der Waals surface area contributed by atoms with Crippen molar-refractivity contribution >= 4 is 5.91 Å². The second-order valence-corrected chi connectivity index (χ2v) is 4.59. The van der Waals surface area contributed by atoms with Crippen LogP contribution in [-0.2, 0) is 6.54 Å². The summed E-state index contributed by atoms with van der Waals surface area (Å²) in [5, 5.41) is 3.83. The fourth-order valence-electron chi connectivity index (χ4n) is 1.83. The number of H-pyrrole nitrogens is 1. The molecule has 1 amide bonds. The lowest BCUT2D eigenvalue weighted by atomic mass is 10.2. The predicted octanol–water partition coefficient (Wildman–Crippen LogP) is 1.55. The van der Waals surface area contributed by atoms with Crippen LogP contribution >= 0.6 is 0 Å². The van der Waals surface area contributed by atoms with Gasteiger partial charge in [-0.1, -0.05) is 5.16 Å². The minimum Gasteiger partial charge on any atom is -0.360 e. The maximum atomic E-state index is 12.1. The highest BCUT2D eigenvalue weighted by atomic mass is 16.5. The van der Waals surface area contributed by atoms with Gasteiger partial charge in [-0.05, 0) is 12.8 Å². The zero-order valence-electron chi connectivity index (χ0n) is 10.1. The van der Waals surface area contributed by atoms with Crippen molar-refractivity contribution in [3.63, 3.8) is 0 Å². The van der Waals surface area contributed by atoms with Gasteiger partial charge in [0.2, 0.25) is 0 Å². The van der Waals surface area contributed by atoms with Gasteiger partial charge in [-0.3, -0.25) is 4.79 Å². The number of aromatic amines is 1. The molecule has 2 aromatic rings. The van der Waals surface area contributed by atoms with Crippen molar-refractivity contribution in [2.75, 3.05) is 7.05 Å². The number of aromatic nitrogens is 3. The van der Waals surface area contributed by atoms with Crippen molar-refractivity contribution in [3.05, 3.63) is 35.7 Å². The predicted molar refractivity (Wildman–Crippen MR) is 62.9 cm³/mol. The Balaban J connectivity index is 1.68. The molecule has 1 fully saturated rings. The molecule has 1 aliphatic rings. The van der Waals surface area contributed by atoms with Gasteiger partial charge in [0.05, 0.1) is 6.54 Å². The number of imidazole rings is 1. The Bertz CT molecular complexity index is 542. The average molecular weight is 246 g/mol. The normalized spacial score (nSPS) is 14.7. The number of hydrogen-bond donors (Lipinski definition) is 1. The van der Waals surface area contributed by atoms with E-state index in [1.165, 1.54) is 0 Å². The van der Waals surface area contributed by atoms with Gasteiger partial charge in [-0.2, -0.15) is 0 Å². The van der Waals surface area contributed by atoms with E-state index in [0.717, 1.165) is 24.4 Å². The Morgan fingerprint density at radius 3 is 3.11 bits per heavy atom. The zero-order chi connectivity index (χ0) is 12.5. The minimum atomic E-state index is -0.151. The number of carbonyl (C=O) groups is 1. The van der Waals surface area contributed by atoms with Crippen LogP contribution in [0.15, 0.2) is 23.0 Å². The van der Waals surface area contributed by atoms with Gasteiger partial charge in [-0.15, -0.1) is 0 Å². The quantitative estimate of drug-likeness (QED) is 0.888. The molecule has 0 saturated heterocycles. The van der Waals surface area contributed by atoms with E-state index >= 15 is 0 Å². The molecular weight excluding hydrogens is 232 g/mol. The molecule has 3 rings (SSSR count). The van der Waals surface area contributed by atoms with Crippen LogP contribution in [0.25, 0.3) is 0 Å². The van der Waals surface area contributed by atoms with E-state index in [9.17, 15) is 4.79 Å². The summed E-state index contributed by atoms with van der Waals surface area (Å²) in [7, 11) is 1.72. The number of nitrogens with one attached hydrogen (secondary N) is 1. The van der Waals surface area contributed by atoms with Gasteiger partial charge in [0, 0.05) is 31.4 Å². The van der Waals surface area contributed by atoms with Crippen molar-refractivity contribution < 1.29 is 9.32 Å². The van der Waals surface area contributed by atoms with Crippen LogP contribution in [0.4, 0.5) is 0 Å². The molecule has 0 unspecified atom stereocenters. The van der Waals surface area contributed by atoms with Gasteiger partial charge in [0.15, 0.2) is 5.69 Å². The molecule has 94 valence electrons. The lowest BCUT2D eigenvalue weighted by molar-refractivity contribution is 0.0771. The largest absolute Gasteiger partial charge is 0.360 e. The fourth-order valence-corrected chi connectivity index (χ4v) is 1.83. The summed E-state index contributed by atoms with van der Waals surface area (Å²) in [5.41, 5.74) is 0.367. The van der Waals surface area contributed by atoms with E-state index in [2.05, 4.69) is 15.1 Å². The second-order valence-electron chi connectivity index (χ2n) is 4.59. The molecule has 6 nitrogen and oxygen atoms in total. The first-order valence-corrected chi connectivity index (χ1v) is 5.94. The number of carbonyl (C=O) groups excluding carboxylic acids is 1. The maximum Gasteiger partial charge on any atom is 0.276 e. The minimum absolute atomic E-state index is 0.151. The zero-order valence-corrected chi connectivity index (χ0v) is 10.1. The molecule has 1 saturated carbocycles. The summed E-state index contributed by atoms with van der Waals surface area (Å²) in [6.45, 7) is 0.428. The molecular formula is C12H14N4O2. The van der Waals surface area contributed by atoms with E-state index in [1.54, 1.807) is 30.4 Å². The Morgan fingerprint density at radius 2 is 2.44 bits per heavy atom. The van der Waals surface area contributed by atoms with E-state index in [0.29, 0.717) is 18.2 Å². The summed E-state index contributed by atoms with van der Waals surface area (Å²) in [5.74, 6) is 1.89. The van der Waals surface area contributed by atoms with Crippen LogP contribution in [0.3, 0.4) is 0 Å². The number of amides is 1. The monoisotopic (exact) mass is 246 g/mol. The van der Waals surface area contributed by atoms with Gasteiger partial charge < -0.3 is 14.4 Å². The Labute approximate surface area is 104 Å². The summed E-state index contributed by atoms with van der Waals surface area (Å²) >= 11 is 0. The van der Waals surface area contributed by atoms with E-state index < -0.39 is 0 Å². The number of hydrogen-bond acceptors (Lipinski definition) is 4. The lowest BCUT2D eigenvalue weighted by Crippen LogP contribution is -2.26. The van der Waals surface area contributed by atoms with Gasteiger partial charge in [0.25, 0.3) is 5.91 Å². The topological polar surface area (TPSA) is 75.0 Å². The third-order valence-corrected chi connectivity index (χ3v) is 3.02. The van der Waals surface area contributed by atoms with Crippen molar-refractivity contribution in [3.8, 4) is 0 Å². The second kappa shape index (κ2) is 4.29. The first-order valence-electron chi connectivity index (χ1n) is 5.94. The van der Waals surface area contributed by atoms with Crippen LogP contribution in [0.1, 0.15) is 40.8 Å². The molecule has 2 heterocycles. The third kappa shape index (κ3) is 2.13. The average Bonchev–Trinajstić information content (AvgIpc) is 2.91. The van der Waals surface area contributed by atoms with Gasteiger partial charge in [0.1, 0.15) is 11.6 Å². The van der Waals surface area contributed by atoms with Crippen LogP contribution in [0.2, 0.25) is 0 Å². The van der Waals surface area contributed by atoms with Crippen molar-refractivity contribution in [1.29, 1.82) is 0 Å². The summed E-state index contributed by atoms with van der Waals surface area (Å²) < 4.78 is 5.17. The van der Waals surface area contributed by atoms with Crippen LogP contribution < -0.4 is 0 Å². The molecule has 1 aliphatic carbocycles. The molecule has 0 radical (unpaired) electrons. The number of nitrogens with zero attached hydrogens (tertiary/aromatic N) is 3. The molecule has 0 atom stereocenters. The first kappa shape index (κ1) is 11.0. The van der Waals surface area contributed by atoms with Crippen molar-refractivity contribution in [2.24, 2.45) is 0 Å². The molecule has 0 aromatic carbocycles. The summed E-state index contributed by atoms with van der Waals surface area (Å²) in [6.07, 6.45) is 5.65. The standard InChI is InChI=1S/C12H14N4O2/c1-16(7-11-13-4-5-14-11)12(17)9-6-10(18-15-9)8-2-3-8/h4-6,8H,2-3,7H2,1H3,(H,13,14). The van der Waals surface area contributed by atoms with Crippen LogP contribution in [0.5, 0.6) is 0 Å². The molecule has 0 aliphatic heterocycles. The van der Waals surface area contributed by atoms with Gasteiger partial charge >= 0.3 is 0 Å². The number of rotatable bonds is 4. The first-order chi connectivity index (χ1) is 8.74. The van der Waals surface area contributed by atoms with E-state index in [-0.39, 0.29) is 5.91 Å². The van der Waals surface area contributed by atoms with Gasteiger partial charge in [-0.25, -0.2) is 4.98 Å². The highest BCUT2D eigenvalue weighted by Gasteiger charge is 2.29. The molecule has 18 heavy (non-hydrogen) atoms. The van der Waals surface area contributed by atoms with Crippen LogP contribution in [-0.4, -0.2) is 33.0 Å². The smallest absolute Gasteiger partial charge is 0.276 e. The third-order valence-electron chi connectivity index (χ3n) is 3.02. The Kier molecular flexibility index (Phi) is 2.62.